The van der Waals surface area contributed by atoms with E-state index in [1.807, 2.05) is 62.4 Å². The van der Waals surface area contributed by atoms with Crippen LogP contribution >= 0.6 is 0 Å². The lowest BCUT2D eigenvalue weighted by molar-refractivity contribution is 0.0400. The number of ether oxygens (including phenoxy) is 3. The van der Waals surface area contributed by atoms with Crippen LogP contribution in [0.25, 0.3) is 21.5 Å². The maximum Gasteiger partial charge on any atom is 0.346 e. The van der Waals surface area contributed by atoms with E-state index in [-0.39, 0.29) is 0 Å². The first-order valence-corrected chi connectivity index (χ1v) is 11.2. The standard InChI is InChI=1S/C28H26O5/c1-3-17-31-25-15-13-23(19-9-5-7-11-21(19)25)27(29)33-28(30)24-14-16-26(32-18-4-2)22-12-8-6-10-20(22)24/h5-16H,3-4,17-18H2,1-2H3. The molecule has 0 N–H and O–H groups in total. The average Bonchev–Trinajstić information content (AvgIpc) is 2.85. The summed E-state index contributed by atoms with van der Waals surface area (Å²) in [5, 5.41) is 2.96. The Morgan fingerprint density at radius 3 is 1.36 bits per heavy atom. The third-order valence-corrected chi connectivity index (χ3v) is 5.32. The highest BCUT2D eigenvalue weighted by Crippen LogP contribution is 2.31. The van der Waals surface area contributed by atoms with Gasteiger partial charge in [0.2, 0.25) is 0 Å². The first-order valence-electron chi connectivity index (χ1n) is 11.2. The van der Waals surface area contributed by atoms with E-state index in [1.165, 1.54) is 0 Å². The molecule has 0 spiro atoms. The van der Waals surface area contributed by atoms with Gasteiger partial charge in [-0.15, -0.1) is 0 Å². The first kappa shape index (κ1) is 22.3. The summed E-state index contributed by atoms with van der Waals surface area (Å²) in [6.07, 6.45) is 1.76. The molecule has 0 aliphatic carbocycles. The molecule has 0 bridgehead atoms. The number of hydrogen-bond acceptors (Lipinski definition) is 5. The van der Waals surface area contributed by atoms with Crippen molar-refractivity contribution in [3.63, 3.8) is 0 Å². The molecule has 5 nitrogen and oxygen atoms in total. The van der Waals surface area contributed by atoms with Gasteiger partial charge in [0.05, 0.1) is 24.3 Å². The van der Waals surface area contributed by atoms with Gasteiger partial charge in [0.15, 0.2) is 0 Å². The fourth-order valence-electron chi connectivity index (χ4n) is 3.77. The van der Waals surface area contributed by atoms with E-state index in [1.54, 1.807) is 24.3 Å². The van der Waals surface area contributed by atoms with Gasteiger partial charge in [-0.1, -0.05) is 62.4 Å². The molecule has 0 atom stereocenters. The van der Waals surface area contributed by atoms with Crippen LogP contribution in [0.3, 0.4) is 0 Å². The SMILES string of the molecule is CCCOc1ccc(C(=O)OC(=O)c2ccc(OCCC)c3ccccc23)c2ccccc12. The van der Waals surface area contributed by atoms with Crippen LogP contribution in [0.5, 0.6) is 11.5 Å². The molecule has 0 aliphatic heterocycles. The number of rotatable bonds is 8. The second-order valence-electron chi connectivity index (χ2n) is 7.69. The molecule has 0 amide bonds. The summed E-state index contributed by atoms with van der Waals surface area (Å²) in [5.74, 6) is -0.00441. The van der Waals surface area contributed by atoms with Gasteiger partial charge < -0.3 is 14.2 Å². The minimum Gasteiger partial charge on any atom is -0.493 e. The Morgan fingerprint density at radius 2 is 0.970 bits per heavy atom. The maximum absolute atomic E-state index is 13.0. The van der Waals surface area contributed by atoms with Crippen molar-refractivity contribution in [3.05, 3.63) is 83.9 Å². The topological polar surface area (TPSA) is 61.8 Å². The van der Waals surface area contributed by atoms with Gasteiger partial charge in [-0.25, -0.2) is 9.59 Å². The molecule has 0 aliphatic rings. The highest BCUT2D eigenvalue weighted by Gasteiger charge is 2.21. The first-order chi connectivity index (χ1) is 16.1. The van der Waals surface area contributed by atoms with Crippen LogP contribution in [-0.4, -0.2) is 25.2 Å². The second-order valence-corrected chi connectivity index (χ2v) is 7.69. The third kappa shape index (κ3) is 4.67. The van der Waals surface area contributed by atoms with Gasteiger partial charge in [0.1, 0.15) is 11.5 Å². The zero-order chi connectivity index (χ0) is 23.2. The Morgan fingerprint density at radius 1 is 0.576 bits per heavy atom. The lowest BCUT2D eigenvalue weighted by Gasteiger charge is -2.13. The van der Waals surface area contributed by atoms with E-state index in [0.717, 1.165) is 23.6 Å². The van der Waals surface area contributed by atoms with Crippen LogP contribution in [0, 0.1) is 0 Å². The summed E-state index contributed by atoms with van der Waals surface area (Å²) < 4.78 is 16.9. The fraction of sp³-hybridized carbons (Fsp3) is 0.214. The van der Waals surface area contributed by atoms with E-state index in [4.69, 9.17) is 14.2 Å². The molecule has 4 aromatic carbocycles. The Balaban J connectivity index is 1.64. The largest absolute Gasteiger partial charge is 0.493 e. The van der Waals surface area contributed by atoms with Crippen LogP contribution in [0.4, 0.5) is 0 Å². The molecule has 0 heterocycles. The smallest absolute Gasteiger partial charge is 0.346 e. The zero-order valence-electron chi connectivity index (χ0n) is 18.8. The van der Waals surface area contributed by atoms with Crippen molar-refractivity contribution in [3.8, 4) is 11.5 Å². The summed E-state index contributed by atoms with van der Waals surface area (Å²) in [5.41, 5.74) is 0.630. The van der Waals surface area contributed by atoms with Crippen molar-refractivity contribution >= 4 is 33.5 Å². The summed E-state index contributed by atoms with van der Waals surface area (Å²) in [6, 6.07) is 21.7. The Hall–Kier alpha value is -3.86. The van der Waals surface area contributed by atoms with Crippen LogP contribution < -0.4 is 9.47 Å². The molecule has 4 aromatic rings. The van der Waals surface area contributed by atoms with Crippen LogP contribution in [0.15, 0.2) is 72.8 Å². The number of hydrogen-bond donors (Lipinski definition) is 0. The Labute approximate surface area is 192 Å². The van der Waals surface area contributed by atoms with Gasteiger partial charge in [-0.3, -0.25) is 0 Å². The summed E-state index contributed by atoms with van der Waals surface area (Å²) >= 11 is 0. The van der Waals surface area contributed by atoms with Gasteiger partial charge in [-0.05, 0) is 47.9 Å². The van der Waals surface area contributed by atoms with Crippen molar-refractivity contribution in [1.82, 2.24) is 0 Å². The third-order valence-electron chi connectivity index (χ3n) is 5.32. The summed E-state index contributed by atoms with van der Waals surface area (Å²) in [4.78, 5) is 26.0. The second kappa shape index (κ2) is 10.2. The van der Waals surface area contributed by atoms with Crippen LogP contribution in [0.1, 0.15) is 47.4 Å². The van der Waals surface area contributed by atoms with E-state index >= 15 is 0 Å². The molecule has 0 aromatic heterocycles. The predicted octanol–water partition coefficient (Wildman–Crippen LogP) is 6.57. The van der Waals surface area contributed by atoms with Crippen LogP contribution in [0.2, 0.25) is 0 Å². The van der Waals surface area contributed by atoms with Crippen LogP contribution in [-0.2, 0) is 4.74 Å². The quantitative estimate of drug-likeness (QED) is 0.228. The molecular weight excluding hydrogens is 416 g/mol. The molecule has 0 saturated carbocycles. The van der Waals surface area contributed by atoms with E-state index < -0.39 is 11.9 Å². The van der Waals surface area contributed by atoms with E-state index in [2.05, 4.69) is 0 Å². The van der Waals surface area contributed by atoms with Gasteiger partial charge in [0.25, 0.3) is 0 Å². The average molecular weight is 443 g/mol. The van der Waals surface area contributed by atoms with Crippen molar-refractivity contribution in [2.24, 2.45) is 0 Å². The Kier molecular flexibility index (Phi) is 6.89. The molecule has 0 radical (unpaired) electrons. The highest BCUT2D eigenvalue weighted by molar-refractivity contribution is 6.14. The molecule has 0 unspecified atom stereocenters. The molecule has 168 valence electrons. The maximum atomic E-state index is 13.0. The number of fused-ring (bicyclic) bond motifs is 2. The molecule has 0 fully saturated rings. The molecule has 5 heteroatoms. The van der Waals surface area contributed by atoms with Gasteiger partial charge in [-0.2, -0.15) is 0 Å². The van der Waals surface area contributed by atoms with Crippen molar-refractivity contribution in [2.75, 3.05) is 13.2 Å². The number of carbonyl (C=O) groups is 2. The molecule has 0 saturated heterocycles. The Bertz CT molecular complexity index is 1210. The minimum absolute atomic E-state index is 0.315. The molecule has 33 heavy (non-hydrogen) atoms. The molecule has 4 rings (SSSR count). The zero-order valence-corrected chi connectivity index (χ0v) is 18.8. The van der Waals surface area contributed by atoms with Gasteiger partial charge in [0, 0.05) is 10.8 Å². The van der Waals surface area contributed by atoms with E-state index in [9.17, 15) is 9.59 Å². The van der Waals surface area contributed by atoms with Crippen molar-refractivity contribution < 1.29 is 23.8 Å². The molecular formula is C28H26O5. The summed E-state index contributed by atoms with van der Waals surface area (Å²) in [7, 11) is 0. The summed E-state index contributed by atoms with van der Waals surface area (Å²) in [6.45, 7) is 5.23. The van der Waals surface area contributed by atoms with E-state index in [0.29, 0.717) is 46.6 Å². The van der Waals surface area contributed by atoms with Crippen molar-refractivity contribution in [2.45, 2.75) is 26.7 Å². The predicted molar refractivity (Wildman–Crippen MR) is 129 cm³/mol. The number of benzene rings is 4. The van der Waals surface area contributed by atoms with Crippen molar-refractivity contribution in [1.29, 1.82) is 0 Å². The normalized spacial score (nSPS) is 10.8. The minimum atomic E-state index is -0.700. The lowest BCUT2D eigenvalue weighted by atomic mass is 10.0. The van der Waals surface area contributed by atoms with Gasteiger partial charge >= 0.3 is 11.9 Å². The highest BCUT2D eigenvalue weighted by atomic mass is 16.6. The lowest BCUT2D eigenvalue weighted by Crippen LogP contribution is -2.14. The monoisotopic (exact) mass is 442 g/mol. The number of carbonyl (C=O) groups excluding carboxylic acids is 2. The fourth-order valence-corrected chi connectivity index (χ4v) is 3.77. The number of esters is 2.